The fraction of sp³-hybridized carbons (Fsp3) is 0.421. The molecule has 0 fully saturated rings. The number of likely N-dealkylation sites (N-methyl/N-ethyl adjacent to an activating group) is 1. The number of aromatic nitrogens is 4. The van der Waals surface area contributed by atoms with Gasteiger partial charge in [-0.2, -0.15) is 4.98 Å². The van der Waals surface area contributed by atoms with E-state index >= 15 is 0 Å². The van der Waals surface area contributed by atoms with E-state index in [9.17, 15) is 58.2 Å². The highest BCUT2D eigenvalue weighted by molar-refractivity contribution is 5.98. The van der Waals surface area contributed by atoms with Crippen molar-refractivity contribution in [1.29, 1.82) is 0 Å². The molecule has 2 heterocycles. The summed E-state index contributed by atoms with van der Waals surface area (Å²) in [6, 6.07) is -1.20. The summed E-state index contributed by atoms with van der Waals surface area (Å²) in [7, 11) is 1.16. The lowest BCUT2D eigenvalue weighted by Gasteiger charge is -2.25. The van der Waals surface area contributed by atoms with Gasteiger partial charge in [-0.25, -0.2) is 9.97 Å². The number of rotatable bonds is 26. The van der Waals surface area contributed by atoms with Crippen LogP contribution in [0.2, 0.25) is 0 Å². The monoisotopic (exact) mass is 925 g/mol. The molecule has 17 N–H and O–H groups in total. The van der Waals surface area contributed by atoms with E-state index in [1.165, 1.54) is 18.3 Å². The second-order valence-electron chi connectivity index (χ2n) is 14.5. The van der Waals surface area contributed by atoms with Crippen LogP contribution in [0.3, 0.4) is 0 Å². The maximum atomic E-state index is 13.5. The number of nitrogens with zero attached hydrogens (tertiary/aromatic N) is 4. The number of carboxylic acids is 3. The number of aliphatic carboxylic acids is 3. The van der Waals surface area contributed by atoms with Gasteiger partial charge in [-0.15, -0.1) is 0 Å². The van der Waals surface area contributed by atoms with E-state index < -0.39 is 108 Å². The summed E-state index contributed by atoms with van der Waals surface area (Å²) in [5.41, 5.74) is 17.1. The molecule has 6 amide bonds. The molecule has 2 aromatic heterocycles. The Balaban J connectivity index is 1.62. The largest absolute Gasteiger partial charge is 0.481 e. The van der Waals surface area contributed by atoms with E-state index in [1.54, 1.807) is 19.1 Å². The Labute approximate surface area is 373 Å². The summed E-state index contributed by atoms with van der Waals surface area (Å²) >= 11 is 0. The zero-order valence-electron chi connectivity index (χ0n) is 35.6. The molecule has 0 aliphatic heterocycles. The highest BCUT2D eigenvalue weighted by Crippen LogP contribution is 2.13. The fourth-order valence-electron chi connectivity index (χ4n) is 5.90. The van der Waals surface area contributed by atoms with Crippen molar-refractivity contribution in [2.75, 3.05) is 24.6 Å². The minimum Gasteiger partial charge on any atom is -0.481 e. The average Bonchev–Trinajstić information content (AvgIpc) is 3.24. The maximum absolute atomic E-state index is 13.5. The van der Waals surface area contributed by atoms with Gasteiger partial charge in [0.2, 0.25) is 35.5 Å². The zero-order valence-corrected chi connectivity index (χ0v) is 35.6. The third kappa shape index (κ3) is 17.4. The first-order chi connectivity index (χ1) is 31.1. The number of aliphatic imine (C=N–C) groups is 1. The molecule has 0 bridgehead atoms. The summed E-state index contributed by atoms with van der Waals surface area (Å²) in [6.45, 7) is 1.72. The molecular weight excluding hydrogens is 875 g/mol. The summed E-state index contributed by atoms with van der Waals surface area (Å²) in [5, 5.41) is 45.0. The number of nitrogen functional groups attached to an aromatic ring is 1. The molecule has 1 aromatic carbocycles. The quantitative estimate of drug-likeness (QED) is 0.0207. The molecule has 3 rings (SSSR count). The van der Waals surface area contributed by atoms with Gasteiger partial charge in [0.05, 0.1) is 37.7 Å². The molecule has 66 heavy (non-hydrogen) atoms. The van der Waals surface area contributed by atoms with Gasteiger partial charge in [-0.05, 0) is 50.5 Å². The third-order valence-electron chi connectivity index (χ3n) is 9.17. The number of aromatic amines is 1. The number of guanidine groups is 1. The predicted octanol–water partition coefficient (Wildman–Crippen LogP) is -4.03. The van der Waals surface area contributed by atoms with Crippen LogP contribution in [0.4, 0.5) is 11.6 Å². The number of anilines is 2. The van der Waals surface area contributed by atoms with Gasteiger partial charge in [0.1, 0.15) is 24.2 Å². The van der Waals surface area contributed by atoms with Gasteiger partial charge in [0.15, 0.2) is 17.1 Å². The van der Waals surface area contributed by atoms with E-state index in [0.717, 1.165) is 7.05 Å². The molecule has 5 atom stereocenters. The summed E-state index contributed by atoms with van der Waals surface area (Å²) in [4.78, 5) is 143. The van der Waals surface area contributed by atoms with E-state index in [-0.39, 0.29) is 67.4 Å². The maximum Gasteiger partial charge on any atom is 0.305 e. The highest BCUT2D eigenvalue weighted by atomic mass is 16.4. The lowest BCUT2D eigenvalue weighted by atomic mass is 10.1. The molecular formula is C38H51N15O13. The Morgan fingerprint density at radius 1 is 0.742 bits per heavy atom. The number of hydrogen-bond donors (Lipinski definition) is 14. The predicted molar refractivity (Wildman–Crippen MR) is 231 cm³/mol. The number of nitrogens with one attached hydrogen (secondary N) is 8. The van der Waals surface area contributed by atoms with Gasteiger partial charge in [-0.1, -0.05) is 0 Å². The van der Waals surface area contributed by atoms with Crippen LogP contribution >= 0.6 is 0 Å². The molecule has 0 spiro atoms. The van der Waals surface area contributed by atoms with Gasteiger partial charge in [0.25, 0.3) is 11.5 Å². The van der Waals surface area contributed by atoms with Crippen molar-refractivity contribution >= 4 is 82.1 Å². The van der Waals surface area contributed by atoms with Crippen molar-refractivity contribution in [3.05, 3.63) is 52.1 Å². The number of amides is 6. The molecule has 0 unspecified atom stereocenters. The first-order valence-corrected chi connectivity index (χ1v) is 19.9. The van der Waals surface area contributed by atoms with Crippen LogP contribution in [0.5, 0.6) is 0 Å². The van der Waals surface area contributed by atoms with Crippen LogP contribution in [0, 0.1) is 0 Å². The Morgan fingerprint density at radius 2 is 1.29 bits per heavy atom. The van der Waals surface area contributed by atoms with Crippen LogP contribution in [0.15, 0.2) is 40.2 Å². The second-order valence-corrected chi connectivity index (χ2v) is 14.5. The summed E-state index contributed by atoms with van der Waals surface area (Å²) < 4.78 is 0. The highest BCUT2D eigenvalue weighted by Gasteiger charge is 2.33. The average molecular weight is 926 g/mol. The number of fused-ring (bicyclic) bond motifs is 1. The number of benzene rings is 1. The SMILES string of the molecule is CNC(=O)[C@H](CC(=O)O)NC(=O)[C@H](CC(=O)O)NC(=O)[C@H](CCCN=C(N)N)NC(=O)[C@H](CC(=O)O)NC(=O)CC[C@@H](C)NC(=O)c1ccc(NCc2cnc3nc(N)[nH]c(=O)c3n2)cc1. The van der Waals surface area contributed by atoms with Crippen LogP contribution in [-0.2, 0) is 44.9 Å². The van der Waals surface area contributed by atoms with E-state index in [1.807, 2.05) is 0 Å². The van der Waals surface area contributed by atoms with Crippen molar-refractivity contribution < 1.29 is 58.5 Å². The fourth-order valence-corrected chi connectivity index (χ4v) is 5.90. The molecule has 0 saturated carbocycles. The molecule has 0 aliphatic rings. The van der Waals surface area contributed by atoms with Crippen LogP contribution in [0.25, 0.3) is 11.2 Å². The Hall–Kier alpha value is -8.46. The first-order valence-electron chi connectivity index (χ1n) is 19.9. The van der Waals surface area contributed by atoms with Crippen molar-refractivity contribution in [2.24, 2.45) is 16.5 Å². The third-order valence-corrected chi connectivity index (χ3v) is 9.17. The minimum absolute atomic E-state index is 0.00488. The van der Waals surface area contributed by atoms with E-state index in [4.69, 9.17) is 22.3 Å². The van der Waals surface area contributed by atoms with E-state index in [0.29, 0.717) is 11.4 Å². The number of carboxylic acid groups (broad SMARTS) is 3. The van der Waals surface area contributed by atoms with Crippen LogP contribution in [0.1, 0.15) is 67.9 Å². The van der Waals surface area contributed by atoms with Crippen molar-refractivity contribution in [3.8, 4) is 0 Å². The Bertz CT molecular complexity index is 2370. The van der Waals surface area contributed by atoms with E-state index in [2.05, 4.69) is 62.1 Å². The molecule has 0 aliphatic carbocycles. The number of H-pyrrole nitrogens is 1. The number of nitrogens with two attached hydrogens (primary N) is 3. The van der Waals surface area contributed by atoms with Crippen LogP contribution in [-0.4, -0.2) is 138 Å². The standard InChI is InChI=1S/C38H51N15O13/c1-17(46-31(61)18-6-8-19(9-7-18)44-15-20-16-45-30-29(47-20)36(66)53-38(41)52-30)5-10-25(54)48-23(13-27(57)58)34(64)49-21(4-3-11-43-37(39)40)33(63)51-24(14-28(59)60)35(65)50-22(12-26(55)56)32(62)42-2/h6-9,16-17,21-24,44H,3-5,10-15H2,1-2H3,(H,42,62)(H,46,61)(H,48,54)(H,49,64)(H,50,65)(H,51,63)(H,55,56)(H,57,58)(H,59,60)(H4,39,40,43)(H3,41,45,52,53,66)/t17-,21+,22+,23+,24+/m1/s1. The van der Waals surface area contributed by atoms with Crippen molar-refractivity contribution in [1.82, 2.24) is 51.8 Å². The molecule has 356 valence electrons. The molecule has 3 aromatic rings. The Kier molecular flexibility index (Phi) is 19.6. The molecule has 28 heteroatoms. The molecule has 28 nitrogen and oxygen atoms in total. The lowest BCUT2D eigenvalue weighted by molar-refractivity contribution is -0.143. The molecule has 0 saturated heterocycles. The number of hydrogen-bond acceptors (Lipinski definition) is 16. The van der Waals surface area contributed by atoms with Gasteiger partial charge < -0.3 is 69.7 Å². The van der Waals surface area contributed by atoms with Gasteiger partial charge >= 0.3 is 17.9 Å². The number of carbonyl (C=O) groups excluding carboxylic acids is 6. The van der Waals surface area contributed by atoms with Gasteiger partial charge in [0, 0.05) is 37.3 Å². The normalized spacial score (nSPS) is 13.0. The summed E-state index contributed by atoms with van der Waals surface area (Å²) in [6.07, 6.45) is -1.99. The van der Waals surface area contributed by atoms with Gasteiger partial charge in [-0.3, -0.25) is 57.9 Å². The minimum atomic E-state index is -1.90. The smallest absolute Gasteiger partial charge is 0.305 e. The summed E-state index contributed by atoms with van der Waals surface area (Å²) in [5.74, 6) is -10.8. The lowest BCUT2D eigenvalue weighted by Crippen LogP contribution is -2.58. The topological polar surface area (TPSA) is 460 Å². The molecule has 0 radical (unpaired) electrons. The number of carbonyl (C=O) groups is 9. The first kappa shape index (κ1) is 51.9. The van der Waals surface area contributed by atoms with Crippen molar-refractivity contribution in [3.63, 3.8) is 0 Å². The van der Waals surface area contributed by atoms with Crippen LogP contribution < -0.4 is 60.0 Å². The Morgan fingerprint density at radius 3 is 1.85 bits per heavy atom. The van der Waals surface area contributed by atoms with Crippen molar-refractivity contribution in [2.45, 2.75) is 88.6 Å². The second kappa shape index (κ2) is 25.0. The zero-order chi connectivity index (χ0) is 49.1.